The number of benzene rings is 4. The number of nitrogens with one attached hydrogen (secondary N) is 1. The van der Waals surface area contributed by atoms with Crippen molar-refractivity contribution >= 4 is 51.6 Å². The summed E-state index contributed by atoms with van der Waals surface area (Å²) in [6.45, 7) is 12.1. The molecule has 10 rings (SSSR count). The van der Waals surface area contributed by atoms with Gasteiger partial charge in [-0.25, -0.2) is 0 Å². The van der Waals surface area contributed by atoms with Crippen molar-refractivity contribution in [3.05, 3.63) is 119 Å². The smallest absolute Gasteiger partial charge is 0.405 e. The molecule has 0 radical (unpaired) electrons. The van der Waals surface area contributed by atoms with Crippen molar-refractivity contribution < 1.29 is 42.5 Å². The van der Waals surface area contributed by atoms with Crippen molar-refractivity contribution in [3.8, 4) is 40.7 Å². The van der Waals surface area contributed by atoms with E-state index in [1.54, 1.807) is 17.0 Å². The Balaban J connectivity index is 0.744. The number of rotatable bonds is 16. The van der Waals surface area contributed by atoms with Gasteiger partial charge in [0.1, 0.15) is 30.5 Å². The molecule has 82 heavy (non-hydrogen) atoms. The number of hydrogen-bond donors (Lipinski definition) is 3. The molecule has 0 aliphatic carbocycles. The largest absolute Gasteiger partial charge is 0.508 e. The molecule has 0 spiro atoms. The third kappa shape index (κ3) is 12.6. The van der Waals surface area contributed by atoms with Crippen LogP contribution in [0.3, 0.4) is 0 Å². The molecule has 2 aromatic heterocycles. The van der Waals surface area contributed by atoms with Gasteiger partial charge in [-0.15, -0.1) is 10.2 Å². The summed E-state index contributed by atoms with van der Waals surface area (Å²) >= 11 is 6.79. The maximum atomic E-state index is 13.9. The molecule has 3 fully saturated rings. The molecular formula is C60H66ClF3N12O6. The summed E-state index contributed by atoms with van der Waals surface area (Å²) in [4.78, 5) is 60.4. The lowest BCUT2D eigenvalue weighted by Crippen LogP contribution is -2.55. The van der Waals surface area contributed by atoms with Crippen molar-refractivity contribution in [2.75, 3.05) is 81.9 Å². The van der Waals surface area contributed by atoms with Gasteiger partial charge in [0.15, 0.2) is 5.82 Å². The zero-order chi connectivity index (χ0) is 57.8. The average molecular weight is 1140 g/mol. The molecule has 3 amide bonds. The monoisotopic (exact) mass is 1140 g/mol. The Bertz CT molecular complexity index is 3390. The van der Waals surface area contributed by atoms with Gasteiger partial charge < -0.3 is 39.9 Å². The van der Waals surface area contributed by atoms with Gasteiger partial charge in [0.2, 0.25) is 17.6 Å². The average Bonchev–Trinajstić information content (AvgIpc) is 3.61. The van der Waals surface area contributed by atoms with E-state index in [1.165, 1.54) is 16.7 Å². The summed E-state index contributed by atoms with van der Waals surface area (Å²) in [5, 5.41) is 43.8. The number of ether oxygens (including phenoxy) is 1. The highest BCUT2D eigenvalue weighted by molar-refractivity contribution is 6.36. The second kappa shape index (κ2) is 24.6. The van der Waals surface area contributed by atoms with E-state index in [9.17, 15) is 43.0 Å². The SMILES string of the molecule is C=CC(=O)N1CCN(c2nc(OCCN3CCC(C(=O)N4CCC(Cc5ccc(-n6c(C(=O)NCC(F)(F)F)nnc6-c6cc(C(C)C)c(O)cc6O)cc5)CC4)CC3)nc3c2CCN(c2cccc4cccc(Cl)c24)C3)CC1CC#N. The molecule has 22 heteroatoms. The van der Waals surface area contributed by atoms with E-state index in [0.29, 0.717) is 87.6 Å². The molecule has 6 aromatic rings. The van der Waals surface area contributed by atoms with Crippen molar-refractivity contribution in [3.63, 3.8) is 0 Å². The fourth-order valence-corrected chi connectivity index (χ4v) is 12.2. The van der Waals surface area contributed by atoms with Crippen LogP contribution in [0.1, 0.15) is 84.9 Å². The van der Waals surface area contributed by atoms with E-state index < -0.39 is 24.5 Å². The van der Waals surface area contributed by atoms with Gasteiger partial charge in [0, 0.05) is 80.1 Å². The Hall–Kier alpha value is -7.96. The molecule has 4 aliphatic rings. The van der Waals surface area contributed by atoms with E-state index in [1.807, 2.05) is 54.4 Å². The summed E-state index contributed by atoms with van der Waals surface area (Å²) < 4.78 is 47.1. The number of phenolic OH excluding ortho intramolecular Hbond substituents is 2. The Morgan fingerprint density at radius 3 is 2.37 bits per heavy atom. The minimum atomic E-state index is -4.66. The molecule has 3 saturated heterocycles. The van der Waals surface area contributed by atoms with Gasteiger partial charge in [-0.3, -0.25) is 23.9 Å². The van der Waals surface area contributed by atoms with Crippen molar-refractivity contribution in [1.82, 2.24) is 44.7 Å². The predicted octanol–water partition coefficient (Wildman–Crippen LogP) is 8.61. The number of nitrogens with zero attached hydrogens (tertiary/aromatic N) is 11. The summed E-state index contributed by atoms with van der Waals surface area (Å²) in [7, 11) is 0. The Morgan fingerprint density at radius 2 is 1.66 bits per heavy atom. The van der Waals surface area contributed by atoms with E-state index >= 15 is 0 Å². The molecule has 1 atom stereocenters. The number of halogens is 4. The van der Waals surface area contributed by atoms with Gasteiger partial charge in [-0.2, -0.15) is 28.4 Å². The van der Waals surface area contributed by atoms with Crippen LogP contribution in [0, 0.1) is 23.2 Å². The van der Waals surface area contributed by atoms with Crippen molar-refractivity contribution in [2.24, 2.45) is 11.8 Å². The number of carbonyl (C=O) groups is 3. The van der Waals surface area contributed by atoms with Crippen LogP contribution in [0.25, 0.3) is 27.8 Å². The van der Waals surface area contributed by atoms with E-state index in [-0.39, 0.29) is 65.0 Å². The summed E-state index contributed by atoms with van der Waals surface area (Å²) in [6.07, 6.45) is 1.29. The zero-order valence-corrected chi connectivity index (χ0v) is 46.7. The lowest BCUT2D eigenvalue weighted by molar-refractivity contribution is -0.138. The summed E-state index contributed by atoms with van der Waals surface area (Å²) in [5.41, 5.74) is 4.89. The third-order valence-corrected chi connectivity index (χ3v) is 16.6. The van der Waals surface area contributed by atoms with Crippen LogP contribution in [0.5, 0.6) is 17.5 Å². The van der Waals surface area contributed by atoms with Crippen LogP contribution in [0.15, 0.2) is 85.5 Å². The van der Waals surface area contributed by atoms with Crippen LogP contribution in [0.4, 0.5) is 24.7 Å². The third-order valence-electron chi connectivity index (χ3n) is 16.3. The number of alkyl halides is 3. The molecular weight excluding hydrogens is 1080 g/mol. The standard InChI is InChI=1S/C60H66ClF3N12O6/c1-4-52(79)75-28-27-74(34-43(75)15-21-65)54-44-20-26-73(49-10-6-8-40-7-5-9-47(61)53(40)49)35-48(44)67-59(68-54)82-30-29-71-22-18-41(19-23-71)58(81)72-24-16-39(17-25-72)31-38-11-13-42(14-12-38)76-55(46-32-45(37(2)3)50(77)33-51(46)78)69-70-56(76)57(80)66-36-60(62,63)64/h4-14,32-33,37,39,41,43,77-78H,1,15-20,22-31,34-36H2,2-3H3,(H,66,80). The van der Waals surface area contributed by atoms with Crippen LogP contribution < -0.4 is 19.9 Å². The number of carbonyl (C=O) groups excluding carboxylic acids is 3. The van der Waals surface area contributed by atoms with Gasteiger partial charge in [0.25, 0.3) is 5.91 Å². The number of aromatic hydroxyl groups is 2. The highest BCUT2D eigenvalue weighted by Gasteiger charge is 2.36. The number of nitriles is 1. The number of fused-ring (bicyclic) bond motifs is 2. The van der Waals surface area contributed by atoms with Gasteiger partial charge in [-0.1, -0.05) is 68.4 Å². The maximum Gasteiger partial charge on any atom is 0.405 e. The van der Waals surface area contributed by atoms with Crippen molar-refractivity contribution in [2.45, 2.75) is 83.5 Å². The predicted molar refractivity (Wildman–Crippen MR) is 304 cm³/mol. The summed E-state index contributed by atoms with van der Waals surface area (Å²) in [6, 6.07) is 24.2. The number of piperidine rings is 2. The number of likely N-dealkylation sites (tertiary alicyclic amines) is 2. The first kappa shape index (κ1) is 57.3. The van der Waals surface area contributed by atoms with Crippen molar-refractivity contribution in [1.29, 1.82) is 5.26 Å². The highest BCUT2D eigenvalue weighted by atomic mass is 35.5. The Morgan fingerprint density at radius 1 is 0.915 bits per heavy atom. The fourth-order valence-electron chi connectivity index (χ4n) is 11.9. The lowest BCUT2D eigenvalue weighted by Gasteiger charge is -2.42. The molecule has 6 heterocycles. The molecule has 0 bridgehead atoms. The molecule has 4 aromatic carbocycles. The summed E-state index contributed by atoms with van der Waals surface area (Å²) in [5.74, 6) is -1.21. The number of piperazine rings is 1. The van der Waals surface area contributed by atoms with E-state index in [0.717, 1.165) is 90.4 Å². The van der Waals surface area contributed by atoms with Gasteiger partial charge in [-0.05, 0) is 116 Å². The van der Waals surface area contributed by atoms with E-state index in [4.69, 9.17) is 26.3 Å². The quantitative estimate of drug-likeness (QED) is 0.0776. The van der Waals surface area contributed by atoms with Crippen LogP contribution in [-0.2, 0) is 29.0 Å². The molecule has 0 saturated carbocycles. The molecule has 1 unspecified atom stereocenters. The molecule has 4 aliphatic heterocycles. The lowest BCUT2D eigenvalue weighted by atomic mass is 9.88. The van der Waals surface area contributed by atoms with Crippen LogP contribution in [-0.4, -0.2) is 152 Å². The normalized spacial score (nSPS) is 17.5. The Labute approximate surface area is 478 Å². The number of aromatic nitrogens is 5. The fraction of sp³-hybridized carbons (Fsp3) is 0.433. The second-order valence-electron chi connectivity index (χ2n) is 21.9. The second-order valence-corrected chi connectivity index (χ2v) is 22.3. The number of anilines is 2. The minimum absolute atomic E-state index is 0.00398. The topological polar surface area (TPSA) is 209 Å². The van der Waals surface area contributed by atoms with Crippen LogP contribution in [0.2, 0.25) is 5.02 Å². The number of hydrogen-bond acceptors (Lipinski definition) is 14. The maximum absolute atomic E-state index is 13.9. The molecule has 430 valence electrons. The molecule has 18 nitrogen and oxygen atoms in total. The highest BCUT2D eigenvalue weighted by Crippen LogP contribution is 2.40. The van der Waals surface area contributed by atoms with Gasteiger partial charge >= 0.3 is 12.2 Å². The van der Waals surface area contributed by atoms with Crippen LogP contribution >= 0.6 is 11.6 Å². The first-order chi connectivity index (χ1) is 39.5. The zero-order valence-electron chi connectivity index (χ0n) is 45.9. The minimum Gasteiger partial charge on any atom is -0.508 e. The molecule has 3 N–H and O–H groups in total. The van der Waals surface area contributed by atoms with Gasteiger partial charge in [0.05, 0.1) is 41.4 Å². The Kier molecular flexibility index (Phi) is 17.2. The number of amides is 3. The first-order valence-electron chi connectivity index (χ1n) is 27.9. The first-order valence-corrected chi connectivity index (χ1v) is 28.3. The van der Waals surface area contributed by atoms with E-state index in [2.05, 4.69) is 55.7 Å². The number of phenols is 2.